The van der Waals surface area contributed by atoms with Crippen molar-refractivity contribution >= 4 is 23.2 Å². The molecule has 0 unspecified atom stereocenters. The molecule has 1 aliphatic heterocycles. The van der Waals surface area contributed by atoms with E-state index in [0.29, 0.717) is 30.3 Å². The van der Waals surface area contributed by atoms with Crippen LogP contribution in [0, 0.1) is 13.8 Å². The van der Waals surface area contributed by atoms with Crippen LogP contribution in [0.4, 0.5) is 11.4 Å². The van der Waals surface area contributed by atoms with E-state index in [1.807, 2.05) is 4.90 Å². The number of benzene rings is 1. The quantitative estimate of drug-likeness (QED) is 0.704. The number of pyridine rings is 1. The third-order valence-electron chi connectivity index (χ3n) is 5.41. The van der Waals surface area contributed by atoms with Crippen LogP contribution in [-0.4, -0.2) is 57.4 Å². The summed E-state index contributed by atoms with van der Waals surface area (Å²) in [7, 11) is 0. The maximum atomic E-state index is 12.9. The van der Waals surface area contributed by atoms with Gasteiger partial charge in [-0.05, 0) is 43.2 Å². The van der Waals surface area contributed by atoms with Crippen LogP contribution in [0.2, 0.25) is 0 Å². The van der Waals surface area contributed by atoms with Gasteiger partial charge < -0.3 is 15.1 Å². The van der Waals surface area contributed by atoms with E-state index in [9.17, 15) is 9.59 Å². The number of rotatable bonds is 4. The van der Waals surface area contributed by atoms with Crippen molar-refractivity contribution in [3.05, 3.63) is 65.9 Å². The van der Waals surface area contributed by atoms with Gasteiger partial charge in [0.1, 0.15) is 17.8 Å². The monoisotopic (exact) mass is 418 g/mol. The van der Waals surface area contributed by atoms with Gasteiger partial charge >= 0.3 is 0 Å². The van der Waals surface area contributed by atoms with Crippen molar-refractivity contribution in [2.75, 3.05) is 36.4 Å². The molecule has 2 aromatic heterocycles. The summed E-state index contributed by atoms with van der Waals surface area (Å²) < 4.78 is 1.71. The molecule has 4 rings (SSSR count). The Morgan fingerprint density at radius 1 is 1.00 bits per heavy atom. The summed E-state index contributed by atoms with van der Waals surface area (Å²) >= 11 is 0. The minimum atomic E-state index is -0.150. The number of amides is 2. The lowest BCUT2D eigenvalue weighted by atomic mass is 10.1. The van der Waals surface area contributed by atoms with Gasteiger partial charge in [-0.2, -0.15) is 0 Å². The first-order chi connectivity index (χ1) is 14.9. The fourth-order valence-electron chi connectivity index (χ4n) is 3.75. The molecule has 0 aliphatic carbocycles. The van der Waals surface area contributed by atoms with E-state index in [0.717, 1.165) is 13.1 Å². The average Bonchev–Trinajstić information content (AvgIpc) is 3.25. The van der Waals surface area contributed by atoms with Crippen LogP contribution < -0.4 is 10.2 Å². The molecular weight excluding hydrogens is 392 g/mol. The lowest BCUT2D eigenvalue weighted by Gasteiger charge is -2.36. The largest absolute Gasteiger partial charge is 0.368 e. The van der Waals surface area contributed by atoms with Gasteiger partial charge in [-0.1, -0.05) is 12.1 Å². The number of nitrogens with zero attached hydrogens (tertiary/aromatic N) is 5. The van der Waals surface area contributed by atoms with E-state index in [1.54, 1.807) is 35.4 Å². The number of nitrogens with one attached hydrogen (secondary N) is 1. The van der Waals surface area contributed by atoms with Gasteiger partial charge in [0.05, 0.1) is 11.9 Å². The Morgan fingerprint density at radius 2 is 1.77 bits per heavy atom. The number of hydrogen-bond acceptors (Lipinski definition) is 5. The van der Waals surface area contributed by atoms with Crippen LogP contribution in [0.5, 0.6) is 0 Å². The van der Waals surface area contributed by atoms with Gasteiger partial charge in [0.25, 0.3) is 5.91 Å². The molecule has 8 nitrogen and oxygen atoms in total. The fraction of sp³-hybridized carbons (Fsp3) is 0.304. The molecule has 0 radical (unpaired) electrons. The Morgan fingerprint density at radius 3 is 2.45 bits per heavy atom. The number of piperazine rings is 1. The van der Waals surface area contributed by atoms with E-state index >= 15 is 0 Å². The second kappa shape index (κ2) is 8.59. The highest BCUT2D eigenvalue weighted by Gasteiger charge is 2.24. The molecule has 3 aromatic rings. The van der Waals surface area contributed by atoms with E-state index < -0.39 is 0 Å². The molecule has 2 amide bonds. The molecule has 1 saturated heterocycles. The van der Waals surface area contributed by atoms with Gasteiger partial charge in [0, 0.05) is 45.0 Å². The molecule has 8 heteroatoms. The third kappa shape index (κ3) is 4.58. The predicted octanol–water partition coefficient (Wildman–Crippen LogP) is 2.80. The molecular formula is C23H26N6O2. The summed E-state index contributed by atoms with van der Waals surface area (Å²) in [6.45, 7) is 8.57. The molecule has 3 heterocycles. The molecule has 31 heavy (non-hydrogen) atoms. The molecule has 1 N–H and O–H groups in total. The second-order valence-electron chi connectivity index (χ2n) is 7.82. The van der Waals surface area contributed by atoms with Crippen molar-refractivity contribution in [3.63, 3.8) is 0 Å². The summed E-state index contributed by atoms with van der Waals surface area (Å²) in [5, 5.41) is 2.68. The number of anilines is 2. The van der Waals surface area contributed by atoms with Crippen molar-refractivity contribution in [2.24, 2.45) is 0 Å². The number of aryl methyl sites for hydroxylation is 2. The van der Waals surface area contributed by atoms with Gasteiger partial charge in [0.2, 0.25) is 5.91 Å². The van der Waals surface area contributed by atoms with Crippen molar-refractivity contribution in [1.29, 1.82) is 0 Å². The normalized spacial score (nSPS) is 13.9. The van der Waals surface area contributed by atoms with E-state index in [-0.39, 0.29) is 11.8 Å². The smallest absolute Gasteiger partial charge is 0.274 e. The Kier molecular flexibility index (Phi) is 5.70. The zero-order chi connectivity index (χ0) is 22.0. The maximum Gasteiger partial charge on any atom is 0.274 e. The first-order valence-electron chi connectivity index (χ1n) is 10.3. The third-order valence-corrected chi connectivity index (χ3v) is 5.41. The Balaban J connectivity index is 1.40. The van der Waals surface area contributed by atoms with Crippen molar-refractivity contribution in [1.82, 2.24) is 19.4 Å². The number of carbonyl (C=O) groups excluding carboxylic acids is 2. The number of aromatic nitrogens is 3. The minimum Gasteiger partial charge on any atom is -0.368 e. The molecule has 1 aromatic carbocycles. The van der Waals surface area contributed by atoms with Crippen LogP contribution in [0.25, 0.3) is 5.82 Å². The molecule has 160 valence electrons. The SMILES string of the molecule is CC(=O)Nc1ccc(-n2cnc(C(=O)N3CCN(c4cc(C)ccc4C)CC3)c2)nc1. The van der Waals surface area contributed by atoms with E-state index in [2.05, 4.69) is 52.2 Å². The summed E-state index contributed by atoms with van der Waals surface area (Å²) in [5.74, 6) is 0.400. The minimum absolute atomic E-state index is 0.0748. The zero-order valence-electron chi connectivity index (χ0n) is 18.0. The highest BCUT2D eigenvalue weighted by atomic mass is 16.2. The molecule has 1 fully saturated rings. The van der Waals surface area contributed by atoms with Crippen LogP contribution >= 0.6 is 0 Å². The highest BCUT2D eigenvalue weighted by Crippen LogP contribution is 2.23. The molecule has 0 bridgehead atoms. The van der Waals surface area contributed by atoms with E-state index in [4.69, 9.17) is 0 Å². The van der Waals surface area contributed by atoms with Crippen molar-refractivity contribution in [3.8, 4) is 5.82 Å². The predicted molar refractivity (Wildman–Crippen MR) is 120 cm³/mol. The fourth-order valence-corrected chi connectivity index (χ4v) is 3.75. The van der Waals surface area contributed by atoms with Gasteiger partial charge in [-0.3, -0.25) is 14.2 Å². The molecule has 0 spiro atoms. The first kappa shape index (κ1) is 20.6. The van der Waals surface area contributed by atoms with Crippen LogP contribution in [0.1, 0.15) is 28.5 Å². The Bertz CT molecular complexity index is 1100. The summed E-state index contributed by atoms with van der Waals surface area (Å²) in [4.78, 5) is 36.9. The second-order valence-corrected chi connectivity index (χ2v) is 7.82. The van der Waals surface area contributed by atoms with Gasteiger partial charge in [-0.25, -0.2) is 9.97 Å². The number of carbonyl (C=O) groups is 2. The number of hydrogen-bond donors (Lipinski definition) is 1. The highest BCUT2D eigenvalue weighted by molar-refractivity contribution is 5.92. The van der Waals surface area contributed by atoms with Crippen molar-refractivity contribution in [2.45, 2.75) is 20.8 Å². The van der Waals surface area contributed by atoms with E-state index in [1.165, 1.54) is 23.7 Å². The maximum absolute atomic E-state index is 12.9. The van der Waals surface area contributed by atoms with Crippen LogP contribution in [0.3, 0.4) is 0 Å². The first-order valence-corrected chi connectivity index (χ1v) is 10.3. The zero-order valence-corrected chi connectivity index (χ0v) is 18.0. The topological polar surface area (TPSA) is 83.4 Å². The Hall–Kier alpha value is -3.68. The summed E-state index contributed by atoms with van der Waals surface area (Å²) in [6, 6.07) is 10.0. The van der Waals surface area contributed by atoms with Gasteiger partial charge in [-0.15, -0.1) is 0 Å². The van der Waals surface area contributed by atoms with Gasteiger partial charge in [0.15, 0.2) is 0 Å². The van der Waals surface area contributed by atoms with Crippen LogP contribution in [0.15, 0.2) is 49.1 Å². The lowest BCUT2D eigenvalue weighted by molar-refractivity contribution is -0.114. The van der Waals surface area contributed by atoms with Crippen LogP contribution in [-0.2, 0) is 4.79 Å². The standard InChI is InChI=1S/C23H26N6O2/c1-16-4-5-17(2)21(12-16)27-8-10-28(11-9-27)23(31)20-14-29(15-25-20)22-7-6-19(13-24-22)26-18(3)30/h4-7,12-15H,8-11H2,1-3H3,(H,26,30). The summed E-state index contributed by atoms with van der Waals surface area (Å²) in [5.41, 5.74) is 4.75. The summed E-state index contributed by atoms with van der Waals surface area (Å²) in [6.07, 6.45) is 4.85. The average molecular weight is 419 g/mol. The molecule has 0 atom stereocenters. The Labute approximate surface area is 181 Å². The molecule has 0 saturated carbocycles. The number of imidazole rings is 1. The van der Waals surface area contributed by atoms with Crippen molar-refractivity contribution < 1.29 is 9.59 Å². The molecule has 1 aliphatic rings. The lowest BCUT2D eigenvalue weighted by Crippen LogP contribution is -2.49.